The molecule has 0 heterocycles. The number of ketones is 1. The molecular formula is C21H26O6. The summed E-state index contributed by atoms with van der Waals surface area (Å²) in [6, 6.07) is 10.0. The maximum Gasteiger partial charge on any atom is 0.160 e. The average Bonchev–Trinajstić information content (AvgIpc) is 2.66. The van der Waals surface area contributed by atoms with Crippen LogP contribution >= 0.6 is 0 Å². The molecule has 1 atom stereocenters. The fraction of sp³-hybridized carbons (Fsp3) is 0.381. The lowest BCUT2D eigenvalue weighted by Crippen LogP contribution is -2.15. The van der Waals surface area contributed by atoms with E-state index in [1.165, 1.54) is 14.2 Å². The smallest absolute Gasteiger partial charge is 0.160 e. The highest BCUT2D eigenvalue weighted by molar-refractivity contribution is 5.79. The normalized spacial score (nSPS) is 11.8. The third kappa shape index (κ3) is 6.18. The fourth-order valence-electron chi connectivity index (χ4n) is 2.84. The molecule has 0 aliphatic carbocycles. The molecule has 2 aromatic rings. The number of phenols is 2. The second-order valence-electron chi connectivity index (χ2n) is 6.45. The molecule has 0 saturated heterocycles. The predicted octanol–water partition coefficient (Wildman–Crippen LogP) is 3.00. The van der Waals surface area contributed by atoms with Crippen molar-refractivity contribution >= 4 is 5.78 Å². The Kier molecular flexibility index (Phi) is 7.49. The van der Waals surface area contributed by atoms with Gasteiger partial charge in [-0.1, -0.05) is 12.1 Å². The zero-order valence-electron chi connectivity index (χ0n) is 15.6. The molecule has 27 heavy (non-hydrogen) atoms. The molecule has 3 N–H and O–H groups in total. The largest absolute Gasteiger partial charge is 0.504 e. The summed E-state index contributed by atoms with van der Waals surface area (Å²) in [4.78, 5) is 12.1. The summed E-state index contributed by atoms with van der Waals surface area (Å²) in [7, 11) is 2.96. The van der Waals surface area contributed by atoms with Crippen molar-refractivity contribution in [1.82, 2.24) is 0 Å². The number of aromatic hydroxyl groups is 2. The fourth-order valence-corrected chi connectivity index (χ4v) is 2.84. The molecule has 0 fully saturated rings. The van der Waals surface area contributed by atoms with Gasteiger partial charge in [-0.25, -0.2) is 0 Å². The number of hydrogen-bond acceptors (Lipinski definition) is 6. The van der Waals surface area contributed by atoms with Gasteiger partial charge in [0.15, 0.2) is 23.0 Å². The molecule has 0 spiro atoms. The van der Waals surface area contributed by atoms with E-state index < -0.39 is 6.10 Å². The lowest BCUT2D eigenvalue weighted by molar-refractivity contribution is -0.120. The Morgan fingerprint density at radius 1 is 0.926 bits per heavy atom. The van der Waals surface area contributed by atoms with Crippen LogP contribution in [-0.4, -0.2) is 41.4 Å². The molecular weight excluding hydrogens is 348 g/mol. The van der Waals surface area contributed by atoms with Crippen molar-refractivity contribution in [2.75, 3.05) is 14.2 Å². The van der Waals surface area contributed by atoms with E-state index in [0.717, 1.165) is 11.1 Å². The van der Waals surface area contributed by atoms with Crippen LogP contribution in [0.3, 0.4) is 0 Å². The standard InChI is InChI=1S/C21H26O6/c1-26-20-11-14(5-9-18(20)24)3-7-16(22)13-17(23)8-4-15-6-10-19(25)21(12-15)27-2/h5-6,9-12,16,22,24-25H,3-4,7-8,13H2,1-2H3/t16-/m0/s1. The molecule has 6 heteroatoms. The number of Topliss-reactive ketones (excluding diaryl/α,β-unsaturated/α-hetero) is 1. The molecule has 2 rings (SSSR count). The Morgan fingerprint density at radius 3 is 1.96 bits per heavy atom. The van der Waals surface area contributed by atoms with Gasteiger partial charge in [0.2, 0.25) is 0 Å². The Hall–Kier alpha value is -2.73. The first-order chi connectivity index (χ1) is 12.9. The lowest BCUT2D eigenvalue weighted by atomic mass is 10.00. The van der Waals surface area contributed by atoms with Gasteiger partial charge in [-0.3, -0.25) is 4.79 Å². The van der Waals surface area contributed by atoms with E-state index in [1.54, 1.807) is 36.4 Å². The number of aryl methyl sites for hydroxylation is 2. The molecule has 0 radical (unpaired) electrons. The maximum absolute atomic E-state index is 12.1. The number of aliphatic hydroxyl groups is 1. The first-order valence-corrected chi connectivity index (χ1v) is 8.84. The Bertz CT molecular complexity index is 771. The molecule has 146 valence electrons. The quantitative estimate of drug-likeness (QED) is 0.592. The van der Waals surface area contributed by atoms with Crippen molar-refractivity contribution < 1.29 is 29.6 Å². The van der Waals surface area contributed by atoms with Gasteiger partial charge in [-0.05, 0) is 54.7 Å². The minimum atomic E-state index is -0.716. The Balaban J connectivity index is 1.78. The van der Waals surface area contributed by atoms with Gasteiger partial charge in [0.1, 0.15) is 5.78 Å². The summed E-state index contributed by atoms with van der Waals surface area (Å²) in [5, 5.41) is 29.3. The number of benzene rings is 2. The van der Waals surface area contributed by atoms with E-state index in [4.69, 9.17) is 9.47 Å². The summed E-state index contributed by atoms with van der Waals surface area (Å²) in [6.45, 7) is 0. The molecule has 0 saturated carbocycles. The summed E-state index contributed by atoms with van der Waals surface area (Å²) >= 11 is 0. The Labute approximate surface area is 159 Å². The molecule has 6 nitrogen and oxygen atoms in total. The van der Waals surface area contributed by atoms with Crippen LogP contribution in [-0.2, 0) is 17.6 Å². The van der Waals surface area contributed by atoms with E-state index >= 15 is 0 Å². The lowest BCUT2D eigenvalue weighted by Gasteiger charge is -2.11. The number of carbonyl (C=O) groups is 1. The van der Waals surface area contributed by atoms with Gasteiger partial charge < -0.3 is 24.8 Å². The van der Waals surface area contributed by atoms with Gasteiger partial charge in [-0.15, -0.1) is 0 Å². The summed E-state index contributed by atoms with van der Waals surface area (Å²) < 4.78 is 10.1. The van der Waals surface area contributed by atoms with Gasteiger partial charge >= 0.3 is 0 Å². The number of hydrogen-bond donors (Lipinski definition) is 3. The van der Waals surface area contributed by atoms with Crippen molar-refractivity contribution in [2.45, 2.75) is 38.2 Å². The summed E-state index contributed by atoms with van der Waals surface area (Å²) in [5.74, 6) is 0.890. The van der Waals surface area contributed by atoms with Crippen LogP contribution in [0.4, 0.5) is 0 Å². The second kappa shape index (κ2) is 9.83. The van der Waals surface area contributed by atoms with E-state index in [2.05, 4.69) is 0 Å². The van der Waals surface area contributed by atoms with Crippen LogP contribution in [0, 0.1) is 0 Å². The van der Waals surface area contributed by atoms with Gasteiger partial charge in [-0.2, -0.15) is 0 Å². The van der Waals surface area contributed by atoms with Crippen molar-refractivity contribution in [1.29, 1.82) is 0 Å². The molecule has 0 aliphatic heterocycles. The minimum Gasteiger partial charge on any atom is -0.504 e. The molecule has 0 amide bonds. The zero-order chi connectivity index (χ0) is 19.8. The highest BCUT2D eigenvalue weighted by atomic mass is 16.5. The van der Waals surface area contributed by atoms with Crippen LogP contribution in [0.1, 0.15) is 30.4 Å². The Morgan fingerprint density at radius 2 is 1.44 bits per heavy atom. The van der Waals surface area contributed by atoms with Gasteiger partial charge in [0.25, 0.3) is 0 Å². The van der Waals surface area contributed by atoms with E-state index in [9.17, 15) is 20.1 Å². The third-order valence-corrected chi connectivity index (χ3v) is 4.41. The molecule has 2 aromatic carbocycles. The van der Waals surface area contributed by atoms with Crippen molar-refractivity contribution in [3.8, 4) is 23.0 Å². The topological polar surface area (TPSA) is 96.2 Å². The molecule has 0 aromatic heterocycles. The van der Waals surface area contributed by atoms with Crippen molar-refractivity contribution in [2.24, 2.45) is 0 Å². The van der Waals surface area contributed by atoms with E-state index in [1.807, 2.05) is 0 Å². The van der Waals surface area contributed by atoms with Crippen LogP contribution < -0.4 is 9.47 Å². The monoisotopic (exact) mass is 374 g/mol. The van der Waals surface area contributed by atoms with Crippen molar-refractivity contribution in [3.05, 3.63) is 47.5 Å². The molecule has 0 bridgehead atoms. The first-order valence-electron chi connectivity index (χ1n) is 8.84. The number of methoxy groups -OCH3 is 2. The van der Waals surface area contributed by atoms with E-state index in [-0.39, 0.29) is 23.7 Å². The number of carbonyl (C=O) groups excluding carboxylic acids is 1. The van der Waals surface area contributed by atoms with Crippen LogP contribution in [0.15, 0.2) is 36.4 Å². The summed E-state index contributed by atoms with van der Waals surface area (Å²) in [6.07, 6.45) is 1.26. The highest BCUT2D eigenvalue weighted by Gasteiger charge is 2.13. The highest BCUT2D eigenvalue weighted by Crippen LogP contribution is 2.28. The van der Waals surface area contributed by atoms with Crippen LogP contribution in [0.2, 0.25) is 0 Å². The third-order valence-electron chi connectivity index (χ3n) is 4.41. The van der Waals surface area contributed by atoms with Crippen LogP contribution in [0.5, 0.6) is 23.0 Å². The number of rotatable bonds is 10. The predicted molar refractivity (Wildman–Crippen MR) is 102 cm³/mol. The SMILES string of the molecule is COc1cc(CCC(=O)C[C@@H](O)CCc2ccc(O)c(OC)c2)ccc1O. The van der Waals surface area contributed by atoms with E-state index in [0.29, 0.717) is 37.2 Å². The van der Waals surface area contributed by atoms with Gasteiger partial charge in [0, 0.05) is 12.8 Å². The maximum atomic E-state index is 12.1. The molecule has 0 unspecified atom stereocenters. The van der Waals surface area contributed by atoms with Crippen LogP contribution in [0.25, 0.3) is 0 Å². The number of phenolic OH excluding ortho intramolecular Hbond substituents is 2. The second-order valence-corrected chi connectivity index (χ2v) is 6.45. The van der Waals surface area contributed by atoms with Crippen molar-refractivity contribution in [3.63, 3.8) is 0 Å². The average molecular weight is 374 g/mol. The number of ether oxygens (including phenoxy) is 2. The zero-order valence-corrected chi connectivity index (χ0v) is 15.6. The van der Waals surface area contributed by atoms with Gasteiger partial charge in [0.05, 0.1) is 20.3 Å². The minimum absolute atomic E-state index is 0.0159. The summed E-state index contributed by atoms with van der Waals surface area (Å²) in [5.41, 5.74) is 1.82. The molecule has 0 aliphatic rings. The first kappa shape index (κ1) is 20.6. The number of aliphatic hydroxyl groups excluding tert-OH is 1.